The molecule has 1 aliphatic carbocycles. The zero-order valence-electron chi connectivity index (χ0n) is 12.2. The van der Waals surface area contributed by atoms with E-state index in [1.807, 2.05) is 0 Å². The van der Waals surface area contributed by atoms with Crippen LogP contribution >= 0.6 is 0 Å². The molecule has 1 heterocycles. The van der Waals surface area contributed by atoms with Crippen LogP contribution in [0.1, 0.15) is 48.5 Å². The normalized spacial score (nSPS) is 15.8. The Morgan fingerprint density at radius 2 is 1.95 bits per heavy atom. The summed E-state index contributed by atoms with van der Waals surface area (Å²) in [4.78, 5) is 0. The minimum absolute atomic E-state index is 0.639. The van der Waals surface area contributed by atoms with Crippen molar-refractivity contribution in [3.63, 3.8) is 0 Å². The average Bonchev–Trinajstić information content (AvgIpc) is 3.11. The van der Waals surface area contributed by atoms with Gasteiger partial charge in [-0.3, -0.25) is 4.68 Å². The van der Waals surface area contributed by atoms with E-state index < -0.39 is 0 Å². The summed E-state index contributed by atoms with van der Waals surface area (Å²) in [6, 6.07) is 11.3. The van der Waals surface area contributed by atoms with Gasteiger partial charge in [0.15, 0.2) is 0 Å². The lowest BCUT2D eigenvalue weighted by Crippen LogP contribution is -2.14. The van der Waals surface area contributed by atoms with E-state index in [-0.39, 0.29) is 0 Å². The Morgan fingerprint density at radius 1 is 1.15 bits per heavy atom. The molecule has 0 spiro atoms. The SMILES string of the molecule is Cc1ccccc1CNCc1ccn(C2CCCC2)n1. The average molecular weight is 269 g/mol. The second-order valence-corrected chi connectivity index (χ2v) is 5.76. The second kappa shape index (κ2) is 6.23. The van der Waals surface area contributed by atoms with Gasteiger partial charge >= 0.3 is 0 Å². The zero-order chi connectivity index (χ0) is 13.8. The maximum absolute atomic E-state index is 4.70. The van der Waals surface area contributed by atoms with E-state index in [0.29, 0.717) is 6.04 Å². The van der Waals surface area contributed by atoms with Crippen LogP contribution in [-0.4, -0.2) is 9.78 Å². The molecule has 1 N–H and O–H groups in total. The smallest absolute Gasteiger partial charge is 0.0762 e. The molecule has 0 amide bonds. The summed E-state index contributed by atoms with van der Waals surface area (Å²) < 4.78 is 2.16. The first-order valence-corrected chi connectivity index (χ1v) is 7.62. The summed E-state index contributed by atoms with van der Waals surface area (Å²) in [5.41, 5.74) is 3.85. The number of aryl methyl sites for hydroxylation is 1. The summed E-state index contributed by atoms with van der Waals surface area (Å²) in [6.45, 7) is 3.91. The van der Waals surface area contributed by atoms with Crippen LogP contribution in [0.2, 0.25) is 0 Å². The minimum atomic E-state index is 0.639. The fraction of sp³-hybridized carbons (Fsp3) is 0.471. The molecule has 3 rings (SSSR count). The molecule has 1 saturated carbocycles. The van der Waals surface area contributed by atoms with Gasteiger partial charge in [0, 0.05) is 19.3 Å². The molecule has 1 aromatic carbocycles. The lowest BCUT2D eigenvalue weighted by Gasteiger charge is -2.09. The fourth-order valence-corrected chi connectivity index (χ4v) is 2.98. The number of benzene rings is 1. The van der Waals surface area contributed by atoms with Gasteiger partial charge in [0.1, 0.15) is 0 Å². The summed E-state index contributed by atoms with van der Waals surface area (Å²) in [6.07, 6.45) is 7.42. The van der Waals surface area contributed by atoms with Gasteiger partial charge in [0.2, 0.25) is 0 Å². The second-order valence-electron chi connectivity index (χ2n) is 5.76. The van der Waals surface area contributed by atoms with Crippen LogP contribution in [0.15, 0.2) is 36.5 Å². The first kappa shape index (κ1) is 13.4. The molecule has 0 unspecified atom stereocenters. The zero-order valence-corrected chi connectivity index (χ0v) is 12.2. The molecular formula is C17H23N3. The summed E-state index contributed by atoms with van der Waals surface area (Å²) >= 11 is 0. The number of hydrogen-bond donors (Lipinski definition) is 1. The first-order chi connectivity index (χ1) is 9.83. The highest BCUT2D eigenvalue weighted by molar-refractivity contribution is 5.25. The van der Waals surface area contributed by atoms with Crippen molar-refractivity contribution in [1.82, 2.24) is 15.1 Å². The van der Waals surface area contributed by atoms with E-state index in [4.69, 9.17) is 5.10 Å². The van der Waals surface area contributed by atoms with Crippen LogP contribution in [0, 0.1) is 6.92 Å². The summed E-state index contributed by atoms with van der Waals surface area (Å²) in [5.74, 6) is 0. The number of rotatable bonds is 5. The van der Waals surface area contributed by atoms with Crippen LogP contribution in [-0.2, 0) is 13.1 Å². The molecule has 3 nitrogen and oxygen atoms in total. The molecular weight excluding hydrogens is 246 g/mol. The Balaban J connectivity index is 1.52. The number of hydrogen-bond acceptors (Lipinski definition) is 2. The fourth-order valence-electron chi connectivity index (χ4n) is 2.98. The third-order valence-corrected chi connectivity index (χ3v) is 4.25. The largest absolute Gasteiger partial charge is 0.307 e. The van der Waals surface area contributed by atoms with E-state index in [1.54, 1.807) is 0 Å². The van der Waals surface area contributed by atoms with Gasteiger partial charge in [-0.15, -0.1) is 0 Å². The number of aromatic nitrogens is 2. The van der Waals surface area contributed by atoms with Crippen molar-refractivity contribution in [2.45, 2.75) is 51.7 Å². The monoisotopic (exact) mass is 269 g/mol. The maximum Gasteiger partial charge on any atom is 0.0762 e. The van der Waals surface area contributed by atoms with Crippen LogP contribution < -0.4 is 5.32 Å². The van der Waals surface area contributed by atoms with Crippen molar-refractivity contribution in [1.29, 1.82) is 0 Å². The molecule has 20 heavy (non-hydrogen) atoms. The highest BCUT2D eigenvalue weighted by atomic mass is 15.3. The van der Waals surface area contributed by atoms with Crippen molar-refractivity contribution in [3.05, 3.63) is 53.3 Å². The molecule has 1 aromatic heterocycles. The standard InChI is InChI=1S/C17H23N3/c1-14-6-2-3-7-15(14)12-18-13-16-10-11-20(19-16)17-8-4-5-9-17/h2-3,6-7,10-11,17-18H,4-5,8-9,12-13H2,1H3. The lowest BCUT2D eigenvalue weighted by molar-refractivity contribution is 0.460. The third kappa shape index (κ3) is 3.10. The van der Waals surface area contributed by atoms with Crippen LogP contribution in [0.5, 0.6) is 0 Å². The lowest BCUT2D eigenvalue weighted by atomic mass is 10.1. The van der Waals surface area contributed by atoms with E-state index in [1.165, 1.54) is 36.8 Å². The molecule has 0 atom stereocenters. The van der Waals surface area contributed by atoms with E-state index in [0.717, 1.165) is 18.8 Å². The van der Waals surface area contributed by atoms with Crippen LogP contribution in [0.25, 0.3) is 0 Å². The van der Waals surface area contributed by atoms with Gasteiger partial charge in [-0.1, -0.05) is 37.1 Å². The van der Waals surface area contributed by atoms with E-state index in [9.17, 15) is 0 Å². The maximum atomic E-state index is 4.70. The first-order valence-electron chi connectivity index (χ1n) is 7.62. The summed E-state index contributed by atoms with van der Waals surface area (Å²) in [5, 5.41) is 8.19. The van der Waals surface area contributed by atoms with E-state index >= 15 is 0 Å². The topological polar surface area (TPSA) is 29.9 Å². The van der Waals surface area contributed by atoms with Crippen LogP contribution in [0.3, 0.4) is 0 Å². The van der Waals surface area contributed by atoms with Gasteiger partial charge in [0.05, 0.1) is 11.7 Å². The minimum Gasteiger partial charge on any atom is -0.307 e. The van der Waals surface area contributed by atoms with Crippen LogP contribution in [0.4, 0.5) is 0 Å². The molecule has 0 aliphatic heterocycles. The van der Waals surface area contributed by atoms with E-state index in [2.05, 4.69) is 53.5 Å². The van der Waals surface area contributed by atoms with Gasteiger partial charge in [-0.25, -0.2) is 0 Å². The molecule has 0 bridgehead atoms. The number of nitrogens with one attached hydrogen (secondary N) is 1. The molecule has 106 valence electrons. The van der Waals surface area contributed by atoms with Crippen molar-refractivity contribution in [3.8, 4) is 0 Å². The molecule has 0 saturated heterocycles. The predicted octanol–water partition coefficient (Wildman–Crippen LogP) is 3.60. The van der Waals surface area contributed by atoms with Crippen molar-refractivity contribution in [2.24, 2.45) is 0 Å². The predicted molar refractivity (Wildman–Crippen MR) is 81.5 cm³/mol. The quantitative estimate of drug-likeness (QED) is 0.899. The van der Waals surface area contributed by atoms with Crippen molar-refractivity contribution in [2.75, 3.05) is 0 Å². The molecule has 3 heteroatoms. The molecule has 2 aromatic rings. The highest BCUT2D eigenvalue weighted by Crippen LogP contribution is 2.28. The Labute approximate surface area is 121 Å². The number of nitrogens with zero attached hydrogens (tertiary/aromatic N) is 2. The Bertz CT molecular complexity index is 553. The van der Waals surface area contributed by atoms with Gasteiger partial charge in [-0.05, 0) is 37.0 Å². The van der Waals surface area contributed by atoms with Gasteiger partial charge < -0.3 is 5.32 Å². The summed E-state index contributed by atoms with van der Waals surface area (Å²) in [7, 11) is 0. The molecule has 1 fully saturated rings. The third-order valence-electron chi connectivity index (χ3n) is 4.25. The molecule has 1 aliphatic rings. The van der Waals surface area contributed by atoms with Crippen molar-refractivity contribution >= 4 is 0 Å². The van der Waals surface area contributed by atoms with Gasteiger partial charge in [0.25, 0.3) is 0 Å². The van der Waals surface area contributed by atoms with Gasteiger partial charge in [-0.2, -0.15) is 5.10 Å². The molecule has 0 radical (unpaired) electrons. The van der Waals surface area contributed by atoms with Crippen molar-refractivity contribution < 1.29 is 0 Å². The Kier molecular flexibility index (Phi) is 4.16. The Hall–Kier alpha value is -1.61. The Morgan fingerprint density at radius 3 is 2.75 bits per heavy atom. The highest BCUT2D eigenvalue weighted by Gasteiger charge is 2.17.